The van der Waals surface area contributed by atoms with Crippen molar-refractivity contribution in [2.45, 2.75) is 13.3 Å². The first-order chi connectivity index (χ1) is 12.7. The van der Waals surface area contributed by atoms with Gasteiger partial charge in [0.05, 0.1) is 16.2 Å². The van der Waals surface area contributed by atoms with Crippen LogP contribution in [-0.2, 0) is 6.42 Å². The quantitative estimate of drug-likeness (QED) is 0.340. The highest BCUT2D eigenvalue weighted by Crippen LogP contribution is 2.14. The van der Waals surface area contributed by atoms with Crippen molar-refractivity contribution in [1.29, 1.82) is 0 Å². The summed E-state index contributed by atoms with van der Waals surface area (Å²) in [5, 5.41) is 14.3. The summed E-state index contributed by atoms with van der Waals surface area (Å²) in [6.45, 7) is 4.35. The largest absolute Gasteiger partial charge is 0.368 e. The molecule has 0 saturated heterocycles. The molecule has 1 aromatic carbocycles. The smallest absolute Gasteiger partial charge is 0.191 e. The van der Waals surface area contributed by atoms with Crippen LogP contribution in [0.2, 0.25) is 0 Å². The third kappa shape index (κ3) is 5.16. The minimum atomic E-state index is 0.754. The van der Waals surface area contributed by atoms with Crippen molar-refractivity contribution < 1.29 is 0 Å². The van der Waals surface area contributed by atoms with Gasteiger partial charge in [0.25, 0.3) is 0 Å². The third-order valence-corrected chi connectivity index (χ3v) is 4.71. The molecule has 0 radical (unpaired) electrons. The molecule has 0 fully saturated rings. The Labute approximate surface area is 157 Å². The molecule has 0 unspecified atom stereocenters. The fourth-order valence-corrected chi connectivity index (χ4v) is 3.24. The molecule has 0 saturated carbocycles. The number of benzene rings is 1. The van der Waals surface area contributed by atoms with Crippen LogP contribution < -0.4 is 16.0 Å². The highest BCUT2D eigenvalue weighted by atomic mass is 32.1. The van der Waals surface area contributed by atoms with Crippen molar-refractivity contribution in [2.75, 3.05) is 32.0 Å². The summed E-state index contributed by atoms with van der Waals surface area (Å²) in [7, 11) is 1.78. The van der Waals surface area contributed by atoms with E-state index in [1.165, 1.54) is 0 Å². The van der Waals surface area contributed by atoms with Gasteiger partial charge < -0.3 is 16.0 Å². The Bertz CT molecular complexity index is 873. The topological polar surface area (TPSA) is 74.2 Å². The molecular formula is C19H24N6S. The zero-order valence-electron chi connectivity index (χ0n) is 15.1. The van der Waals surface area contributed by atoms with Gasteiger partial charge in [-0.15, -0.1) is 11.3 Å². The second-order valence-corrected chi connectivity index (χ2v) is 6.91. The Morgan fingerprint density at radius 2 is 1.88 bits per heavy atom. The molecule has 0 aliphatic carbocycles. The van der Waals surface area contributed by atoms with Gasteiger partial charge in [-0.25, -0.2) is 9.97 Å². The number of aromatic nitrogens is 2. The van der Waals surface area contributed by atoms with Gasteiger partial charge in [0.2, 0.25) is 0 Å². The predicted molar refractivity (Wildman–Crippen MR) is 110 cm³/mol. The number of nitrogens with zero attached hydrogens (tertiary/aromatic N) is 3. The van der Waals surface area contributed by atoms with Crippen molar-refractivity contribution >= 4 is 34.0 Å². The van der Waals surface area contributed by atoms with Crippen molar-refractivity contribution in [3.8, 4) is 0 Å². The number of aliphatic imine (C=N–C) groups is 1. The molecule has 0 aliphatic heterocycles. The van der Waals surface area contributed by atoms with E-state index in [0.29, 0.717) is 0 Å². The monoisotopic (exact) mass is 368 g/mol. The van der Waals surface area contributed by atoms with E-state index in [0.717, 1.165) is 59.4 Å². The summed E-state index contributed by atoms with van der Waals surface area (Å²) in [5.74, 6) is 1.68. The SMILES string of the molecule is CN=C(NCCNc1ccc2ccccc2n1)NCCc1csc(C)n1. The number of nitrogens with one attached hydrogen (secondary N) is 3. The van der Waals surface area contributed by atoms with Crippen molar-refractivity contribution in [3.63, 3.8) is 0 Å². The first kappa shape index (κ1) is 18.1. The Hall–Kier alpha value is -2.67. The number of hydrogen-bond acceptors (Lipinski definition) is 5. The molecule has 26 heavy (non-hydrogen) atoms. The van der Waals surface area contributed by atoms with Gasteiger partial charge in [-0.05, 0) is 25.1 Å². The van der Waals surface area contributed by atoms with Crippen LogP contribution >= 0.6 is 11.3 Å². The minimum Gasteiger partial charge on any atom is -0.368 e. The lowest BCUT2D eigenvalue weighted by Crippen LogP contribution is -2.40. The molecule has 2 aromatic heterocycles. The maximum Gasteiger partial charge on any atom is 0.191 e. The van der Waals surface area contributed by atoms with E-state index in [9.17, 15) is 0 Å². The summed E-state index contributed by atoms with van der Waals surface area (Å²) in [6, 6.07) is 12.2. The normalized spacial score (nSPS) is 11.5. The molecule has 2 heterocycles. The molecule has 6 nitrogen and oxygen atoms in total. The van der Waals surface area contributed by atoms with E-state index in [2.05, 4.69) is 48.4 Å². The predicted octanol–water partition coefficient (Wildman–Crippen LogP) is 2.82. The minimum absolute atomic E-state index is 0.754. The van der Waals surface area contributed by atoms with Gasteiger partial charge in [-0.1, -0.05) is 18.2 Å². The van der Waals surface area contributed by atoms with Crippen LogP contribution in [0.5, 0.6) is 0 Å². The molecule has 0 spiro atoms. The molecule has 0 aliphatic rings. The number of thiazole rings is 1. The van der Waals surface area contributed by atoms with Crippen LogP contribution in [0.4, 0.5) is 5.82 Å². The summed E-state index contributed by atoms with van der Waals surface area (Å²) in [6.07, 6.45) is 0.893. The van der Waals surface area contributed by atoms with Gasteiger partial charge in [0.15, 0.2) is 5.96 Å². The van der Waals surface area contributed by atoms with Crippen LogP contribution in [0.3, 0.4) is 0 Å². The summed E-state index contributed by atoms with van der Waals surface area (Å²) >= 11 is 1.69. The van der Waals surface area contributed by atoms with E-state index in [-0.39, 0.29) is 0 Å². The molecule has 0 bridgehead atoms. The number of anilines is 1. The number of pyridine rings is 1. The number of fused-ring (bicyclic) bond motifs is 1. The van der Waals surface area contributed by atoms with Crippen LogP contribution in [0.1, 0.15) is 10.7 Å². The lowest BCUT2D eigenvalue weighted by molar-refractivity contribution is 0.788. The molecule has 3 aromatic rings. The maximum absolute atomic E-state index is 4.61. The lowest BCUT2D eigenvalue weighted by atomic mass is 10.2. The van der Waals surface area contributed by atoms with Crippen LogP contribution in [0, 0.1) is 6.92 Å². The molecular weight excluding hydrogens is 344 g/mol. The average Bonchev–Trinajstić information content (AvgIpc) is 3.08. The van der Waals surface area contributed by atoms with Crippen LogP contribution in [-0.4, -0.2) is 42.6 Å². The maximum atomic E-state index is 4.61. The van der Waals surface area contributed by atoms with E-state index in [1.54, 1.807) is 18.4 Å². The summed E-state index contributed by atoms with van der Waals surface area (Å²) < 4.78 is 0. The Morgan fingerprint density at radius 1 is 1.04 bits per heavy atom. The van der Waals surface area contributed by atoms with E-state index in [4.69, 9.17) is 0 Å². The number of aryl methyl sites for hydroxylation is 1. The van der Waals surface area contributed by atoms with E-state index in [1.807, 2.05) is 31.2 Å². The molecule has 136 valence electrons. The average molecular weight is 369 g/mol. The molecule has 0 atom stereocenters. The van der Waals surface area contributed by atoms with E-state index < -0.39 is 0 Å². The van der Waals surface area contributed by atoms with Gasteiger partial charge in [0.1, 0.15) is 5.82 Å². The van der Waals surface area contributed by atoms with Crippen molar-refractivity contribution in [1.82, 2.24) is 20.6 Å². The lowest BCUT2D eigenvalue weighted by Gasteiger charge is -2.12. The number of rotatable bonds is 7. The number of para-hydroxylation sites is 1. The van der Waals surface area contributed by atoms with Gasteiger partial charge in [0, 0.05) is 43.9 Å². The van der Waals surface area contributed by atoms with Crippen molar-refractivity contribution in [2.24, 2.45) is 4.99 Å². The summed E-state index contributed by atoms with van der Waals surface area (Å²) in [4.78, 5) is 13.3. The number of hydrogen-bond donors (Lipinski definition) is 3. The second-order valence-electron chi connectivity index (χ2n) is 5.85. The Morgan fingerprint density at radius 3 is 2.69 bits per heavy atom. The molecule has 7 heteroatoms. The number of guanidine groups is 1. The highest BCUT2D eigenvalue weighted by molar-refractivity contribution is 7.09. The fraction of sp³-hybridized carbons (Fsp3) is 0.316. The van der Waals surface area contributed by atoms with Gasteiger partial charge in [-0.3, -0.25) is 4.99 Å². The first-order valence-corrected chi connectivity index (χ1v) is 9.58. The second kappa shape index (κ2) is 9.15. The zero-order chi connectivity index (χ0) is 18.2. The Balaban J connectivity index is 1.38. The van der Waals surface area contributed by atoms with Gasteiger partial charge >= 0.3 is 0 Å². The van der Waals surface area contributed by atoms with Crippen LogP contribution in [0.15, 0.2) is 46.8 Å². The highest BCUT2D eigenvalue weighted by Gasteiger charge is 2.01. The first-order valence-electron chi connectivity index (χ1n) is 8.70. The van der Waals surface area contributed by atoms with Gasteiger partial charge in [-0.2, -0.15) is 0 Å². The Kier molecular flexibility index (Phi) is 6.38. The standard InChI is InChI=1S/C19H24N6S/c1-14-24-16(13-26-14)9-10-22-19(20-2)23-12-11-21-18-8-7-15-5-3-4-6-17(15)25-18/h3-8,13H,9-12H2,1-2H3,(H,21,25)(H2,20,22,23). The van der Waals surface area contributed by atoms with Crippen molar-refractivity contribution in [3.05, 3.63) is 52.5 Å². The molecule has 3 rings (SSSR count). The third-order valence-electron chi connectivity index (χ3n) is 3.89. The van der Waals surface area contributed by atoms with E-state index >= 15 is 0 Å². The zero-order valence-corrected chi connectivity index (χ0v) is 15.9. The summed E-state index contributed by atoms with van der Waals surface area (Å²) in [5.41, 5.74) is 2.12. The van der Waals surface area contributed by atoms with Crippen LogP contribution in [0.25, 0.3) is 10.9 Å². The fourth-order valence-electron chi connectivity index (χ4n) is 2.59. The molecule has 0 amide bonds. The molecule has 3 N–H and O–H groups in total.